The van der Waals surface area contributed by atoms with Gasteiger partial charge in [-0.1, -0.05) is 44.2 Å². The van der Waals surface area contributed by atoms with Crippen LogP contribution in [0.3, 0.4) is 0 Å². The lowest BCUT2D eigenvalue weighted by atomic mass is 9.70. The van der Waals surface area contributed by atoms with Gasteiger partial charge in [0.05, 0.1) is 12.1 Å². The van der Waals surface area contributed by atoms with Crippen molar-refractivity contribution in [2.45, 2.75) is 71.6 Å². The number of ether oxygens (including phenoxy) is 2. The monoisotopic (exact) mass is 462 g/mol. The van der Waals surface area contributed by atoms with Crippen LogP contribution in [-0.2, 0) is 11.2 Å². The maximum atomic E-state index is 13.0. The maximum absolute atomic E-state index is 13.0. The first-order valence-electron chi connectivity index (χ1n) is 12.9. The number of aryl methyl sites for hydroxylation is 1. The van der Waals surface area contributed by atoms with E-state index in [1.165, 1.54) is 16.7 Å². The fourth-order valence-electron chi connectivity index (χ4n) is 5.93. The number of nitrogens with zero attached hydrogens (tertiary/aromatic N) is 1. The second-order valence-corrected chi connectivity index (χ2v) is 11.3. The van der Waals surface area contributed by atoms with Crippen LogP contribution >= 0.6 is 0 Å². The molecule has 0 unspecified atom stereocenters. The number of rotatable bonds is 5. The minimum absolute atomic E-state index is 0.0244. The first-order chi connectivity index (χ1) is 16.3. The molecule has 5 nitrogen and oxygen atoms in total. The Morgan fingerprint density at radius 2 is 1.85 bits per heavy atom. The van der Waals surface area contributed by atoms with Crippen molar-refractivity contribution in [2.24, 2.45) is 11.3 Å². The van der Waals surface area contributed by atoms with E-state index in [1.54, 1.807) is 0 Å². The summed E-state index contributed by atoms with van der Waals surface area (Å²) in [5, 5.41) is 3.26. The summed E-state index contributed by atoms with van der Waals surface area (Å²) >= 11 is 0. The highest BCUT2D eigenvalue weighted by Crippen LogP contribution is 2.44. The molecule has 3 aliphatic heterocycles. The third kappa shape index (κ3) is 4.81. The number of carbonyl (C=O) groups is 1. The Labute approximate surface area is 203 Å². The molecule has 4 aliphatic rings. The van der Waals surface area contributed by atoms with E-state index in [0.29, 0.717) is 5.92 Å². The van der Waals surface area contributed by atoms with E-state index in [2.05, 4.69) is 54.4 Å². The lowest BCUT2D eigenvalue weighted by Crippen LogP contribution is -2.53. The molecule has 3 saturated heterocycles. The minimum Gasteiger partial charge on any atom is -0.491 e. The summed E-state index contributed by atoms with van der Waals surface area (Å²) < 4.78 is 11.9. The van der Waals surface area contributed by atoms with Crippen LogP contribution in [0.2, 0.25) is 0 Å². The molecular formula is C29H38N2O3. The lowest BCUT2D eigenvalue weighted by molar-refractivity contribution is -0.0353. The number of carbonyl (C=O) groups excluding carboxylic acids is 1. The highest BCUT2D eigenvalue weighted by atomic mass is 16.6. The summed E-state index contributed by atoms with van der Waals surface area (Å²) in [6, 6.07) is 14.9. The van der Waals surface area contributed by atoms with Gasteiger partial charge in [0, 0.05) is 6.54 Å². The number of alkyl carbamates (subject to hydrolysis) is 1. The molecule has 1 amide bonds. The van der Waals surface area contributed by atoms with Gasteiger partial charge in [-0.15, -0.1) is 0 Å². The number of amides is 1. The predicted octanol–water partition coefficient (Wildman–Crippen LogP) is 5.97. The molecule has 0 spiro atoms. The van der Waals surface area contributed by atoms with E-state index in [4.69, 9.17) is 9.47 Å². The van der Waals surface area contributed by atoms with Crippen molar-refractivity contribution >= 4 is 6.09 Å². The second-order valence-electron chi connectivity index (χ2n) is 11.3. The van der Waals surface area contributed by atoms with Gasteiger partial charge in [0.15, 0.2) is 0 Å². The molecule has 3 fully saturated rings. The molecule has 2 atom stereocenters. The van der Waals surface area contributed by atoms with Gasteiger partial charge in [-0.25, -0.2) is 4.79 Å². The molecule has 2 aromatic rings. The summed E-state index contributed by atoms with van der Waals surface area (Å²) in [6.07, 6.45) is 4.21. The van der Waals surface area contributed by atoms with Crippen molar-refractivity contribution in [3.63, 3.8) is 0 Å². The van der Waals surface area contributed by atoms with Crippen molar-refractivity contribution in [1.82, 2.24) is 10.2 Å². The zero-order valence-electron chi connectivity index (χ0n) is 21.0. The Bertz CT molecular complexity index is 1040. The molecule has 34 heavy (non-hydrogen) atoms. The van der Waals surface area contributed by atoms with E-state index >= 15 is 0 Å². The summed E-state index contributed by atoms with van der Waals surface area (Å²) in [5.41, 5.74) is 4.81. The molecule has 5 heteroatoms. The topological polar surface area (TPSA) is 50.8 Å². The summed E-state index contributed by atoms with van der Waals surface area (Å²) in [5.74, 6) is 1.40. The van der Waals surface area contributed by atoms with Crippen LogP contribution in [0.1, 0.15) is 64.1 Å². The molecule has 0 aromatic heterocycles. The van der Waals surface area contributed by atoms with Crippen LogP contribution < -0.4 is 10.1 Å². The Balaban J connectivity index is 1.34. The Morgan fingerprint density at radius 1 is 1.09 bits per heavy atom. The standard InChI is InChI=1S/C29H38N2O3/c1-19(2)33-24-7-5-6-21(17-24)22-8-9-25-23(16-22)10-13-29(3,4)27(25)30-28(32)34-26-18-31-14-11-20(26)12-15-31/h5-9,16-17,19-20,26-27H,10-15,18H2,1-4H3,(H,30,32)/t26-,27-/m0/s1. The Kier molecular flexibility index (Phi) is 6.32. The van der Waals surface area contributed by atoms with Crippen molar-refractivity contribution in [1.29, 1.82) is 0 Å². The van der Waals surface area contributed by atoms with E-state index in [-0.39, 0.29) is 29.8 Å². The van der Waals surface area contributed by atoms with Gasteiger partial charge < -0.3 is 14.8 Å². The summed E-state index contributed by atoms with van der Waals surface area (Å²) in [6.45, 7) is 11.7. The van der Waals surface area contributed by atoms with E-state index in [1.807, 2.05) is 26.0 Å². The van der Waals surface area contributed by atoms with Crippen LogP contribution in [0.15, 0.2) is 42.5 Å². The van der Waals surface area contributed by atoms with E-state index < -0.39 is 0 Å². The van der Waals surface area contributed by atoms with E-state index in [9.17, 15) is 4.79 Å². The maximum Gasteiger partial charge on any atom is 0.407 e. The molecular weight excluding hydrogens is 424 g/mol. The van der Waals surface area contributed by atoms with Crippen LogP contribution in [0, 0.1) is 11.3 Å². The number of piperidine rings is 3. The van der Waals surface area contributed by atoms with Crippen LogP contribution in [0.4, 0.5) is 4.79 Å². The molecule has 6 rings (SSSR count). The molecule has 0 radical (unpaired) electrons. The molecule has 2 aromatic carbocycles. The molecule has 1 aliphatic carbocycles. The van der Waals surface area contributed by atoms with E-state index in [0.717, 1.165) is 56.6 Å². The van der Waals surface area contributed by atoms with Gasteiger partial charge in [0.1, 0.15) is 11.9 Å². The van der Waals surface area contributed by atoms with Gasteiger partial charge in [-0.2, -0.15) is 0 Å². The molecule has 0 saturated carbocycles. The largest absolute Gasteiger partial charge is 0.491 e. The van der Waals surface area contributed by atoms with Crippen molar-refractivity contribution in [3.8, 4) is 16.9 Å². The normalized spacial score (nSPS) is 27.2. The highest BCUT2D eigenvalue weighted by molar-refractivity contribution is 5.70. The average molecular weight is 463 g/mol. The zero-order valence-corrected chi connectivity index (χ0v) is 21.0. The molecule has 3 heterocycles. The average Bonchev–Trinajstić information content (AvgIpc) is 2.81. The summed E-state index contributed by atoms with van der Waals surface area (Å²) in [4.78, 5) is 15.4. The zero-order chi connectivity index (χ0) is 23.9. The first kappa shape index (κ1) is 23.2. The predicted molar refractivity (Wildman–Crippen MR) is 135 cm³/mol. The number of nitrogens with one attached hydrogen (secondary N) is 1. The van der Waals surface area contributed by atoms with Gasteiger partial charge in [0.25, 0.3) is 0 Å². The Morgan fingerprint density at radius 3 is 2.56 bits per heavy atom. The molecule has 182 valence electrons. The van der Waals surface area contributed by atoms with Crippen molar-refractivity contribution < 1.29 is 14.3 Å². The van der Waals surface area contributed by atoms with Crippen LogP contribution in [0.5, 0.6) is 5.75 Å². The first-order valence-corrected chi connectivity index (χ1v) is 12.9. The third-order valence-corrected chi connectivity index (χ3v) is 7.93. The SMILES string of the molecule is CC(C)Oc1cccc(-c2ccc3c(c2)CCC(C)(C)[C@H]3NC(=O)O[C@H]2CN3CCC2CC3)c1. The lowest BCUT2D eigenvalue weighted by Gasteiger charge is -2.44. The number of hydrogen-bond acceptors (Lipinski definition) is 4. The van der Waals surface area contributed by atoms with Gasteiger partial charge >= 0.3 is 6.09 Å². The van der Waals surface area contributed by atoms with Crippen molar-refractivity contribution in [3.05, 3.63) is 53.6 Å². The van der Waals surface area contributed by atoms with Crippen LogP contribution in [0.25, 0.3) is 11.1 Å². The quantitative estimate of drug-likeness (QED) is 0.594. The smallest absolute Gasteiger partial charge is 0.407 e. The number of hydrogen-bond donors (Lipinski definition) is 1. The number of benzene rings is 2. The van der Waals surface area contributed by atoms with Gasteiger partial charge in [-0.3, -0.25) is 4.90 Å². The molecule has 2 bridgehead atoms. The second kappa shape index (κ2) is 9.26. The van der Waals surface area contributed by atoms with Crippen LogP contribution in [-0.4, -0.2) is 42.8 Å². The minimum atomic E-state index is -0.271. The third-order valence-electron chi connectivity index (χ3n) is 7.93. The fraction of sp³-hybridized carbons (Fsp3) is 0.552. The van der Waals surface area contributed by atoms with Crippen molar-refractivity contribution in [2.75, 3.05) is 19.6 Å². The Hall–Kier alpha value is -2.53. The highest BCUT2D eigenvalue weighted by Gasteiger charge is 2.40. The fourth-order valence-corrected chi connectivity index (χ4v) is 5.93. The van der Waals surface area contributed by atoms with Gasteiger partial charge in [0.2, 0.25) is 0 Å². The molecule has 1 N–H and O–H groups in total. The summed E-state index contributed by atoms with van der Waals surface area (Å²) in [7, 11) is 0. The number of fused-ring (bicyclic) bond motifs is 4. The van der Waals surface area contributed by atoms with Gasteiger partial charge in [-0.05, 0) is 98.3 Å².